The third kappa shape index (κ3) is 4.55. The van der Waals surface area contributed by atoms with Gasteiger partial charge >= 0.3 is 0 Å². The molecule has 0 N–H and O–H groups in total. The van der Waals surface area contributed by atoms with E-state index in [-0.39, 0.29) is 20.1 Å². The molecule has 0 saturated carbocycles. The van der Waals surface area contributed by atoms with Crippen molar-refractivity contribution < 1.29 is 20.1 Å². The molecule has 2 heterocycles. The van der Waals surface area contributed by atoms with Crippen molar-refractivity contribution >= 4 is 43.6 Å². The third-order valence-corrected chi connectivity index (χ3v) is 9.00. The normalized spacial score (nSPS) is 11.8. The van der Waals surface area contributed by atoms with E-state index in [9.17, 15) is 0 Å². The van der Waals surface area contributed by atoms with Gasteiger partial charge in [-0.25, -0.2) is 0 Å². The molecule has 223 valence electrons. The quantitative estimate of drug-likeness (QED) is 0.160. The fourth-order valence-corrected chi connectivity index (χ4v) is 6.96. The summed E-state index contributed by atoms with van der Waals surface area (Å²) in [5, 5.41) is 4.82. The van der Waals surface area contributed by atoms with Crippen LogP contribution in [0.15, 0.2) is 121 Å². The number of fused-ring (bicyclic) bond motifs is 5. The molecule has 0 bridgehead atoms. The van der Waals surface area contributed by atoms with Crippen molar-refractivity contribution in [2.45, 2.75) is 39.5 Å². The maximum absolute atomic E-state index is 5.33. The molecule has 0 aliphatic carbocycles. The summed E-state index contributed by atoms with van der Waals surface area (Å²) >= 11 is 0. The Morgan fingerprint density at radius 2 is 1.04 bits per heavy atom. The molecule has 45 heavy (non-hydrogen) atoms. The molecule has 0 amide bonds. The van der Waals surface area contributed by atoms with Crippen LogP contribution in [0.4, 0.5) is 0 Å². The number of benzene rings is 6. The van der Waals surface area contributed by atoms with Crippen LogP contribution in [-0.2, 0) is 20.1 Å². The molecule has 4 heteroatoms. The van der Waals surface area contributed by atoms with Crippen molar-refractivity contribution in [1.29, 1.82) is 0 Å². The van der Waals surface area contributed by atoms with Gasteiger partial charge in [-0.15, -0.1) is 17.7 Å². The number of rotatable bonds is 5. The Morgan fingerprint density at radius 3 is 1.64 bits per heavy atom. The average molecular weight is 761 g/mol. The number of hydrogen-bond acceptors (Lipinski definition) is 1. The molecule has 1 radical (unpaired) electrons. The standard InChI is InChI=1S/C41H34N3.Ir/c1-26(2)28-18-13-19-29(27(3)4)40(28)44-39-23-12-9-20-35(39)42-41(44)34-24-25-38(31-15-6-5-14-30(31)34)43-36-21-10-7-16-32(36)33-17-8-11-22-37(33)43;/h5-23,25-27H,1-4H3;/q-1;. The van der Waals surface area contributed by atoms with Crippen LogP contribution >= 0.6 is 0 Å². The van der Waals surface area contributed by atoms with E-state index in [0.29, 0.717) is 11.8 Å². The van der Waals surface area contributed by atoms with Gasteiger partial charge in [-0.3, -0.25) is 4.98 Å². The van der Waals surface area contributed by atoms with Crippen LogP contribution in [0, 0.1) is 6.07 Å². The van der Waals surface area contributed by atoms with E-state index < -0.39 is 0 Å². The molecule has 0 aliphatic heterocycles. The Kier molecular flexibility index (Phi) is 7.44. The predicted molar refractivity (Wildman–Crippen MR) is 185 cm³/mol. The second-order valence-corrected chi connectivity index (χ2v) is 12.3. The fourth-order valence-electron chi connectivity index (χ4n) is 6.96. The van der Waals surface area contributed by atoms with Crippen LogP contribution in [0.3, 0.4) is 0 Å². The SMILES string of the molecule is CC(C)c1cccc(C(C)C)c1-n1c(-c2[c-]cc(-n3c4ccccc4c4ccccc43)c3ccccc23)nc2ccccc21.[Ir]. The van der Waals surface area contributed by atoms with Crippen LogP contribution in [0.25, 0.3) is 66.4 Å². The van der Waals surface area contributed by atoms with Gasteiger partial charge in [0.2, 0.25) is 0 Å². The number of para-hydroxylation sites is 5. The van der Waals surface area contributed by atoms with Crippen molar-refractivity contribution in [2.24, 2.45) is 0 Å². The smallest absolute Gasteiger partial charge is 0.0774 e. The summed E-state index contributed by atoms with van der Waals surface area (Å²) in [6.45, 7) is 9.13. The van der Waals surface area contributed by atoms with Crippen molar-refractivity contribution in [3.8, 4) is 22.8 Å². The zero-order valence-corrected chi connectivity index (χ0v) is 28.3. The fraction of sp³-hybridized carbons (Fsp3) is 0.146. The van der Waals surface area contributed by atoms with Crippen LogP contribution in [0.2, 0.25) is 0 Å². The van der Waals surface area contributed by atoms with Gasteiger partial charge < -0.3 is 9.13 Å². The number of nitrogens with zero attached hydrogens (tertiary/aromatic N) is 3. The number of hydrogen-bond donors (Lipinski definition) is 0. The molecule has 3 nitrogen and oxygen atoms in total. The summed E-state index contributed by atoms with van der Waals surface area (Å²) < 4.78 is 4.79. The molecule has 0 aliphatic rings. The van der Waals surface area contributed by atoms with Crippen LogP contribution in [0.1, 0.15) is 50.7 Å². The van der Waals surface area contributed by atoms with Crippen LogP contribution in [-0.4, -0.2) is 14.1 Å². The van der Waals surface area contributed by atoms with Crippen molar-refractivity contribution in [2.75, 3.05) is 0 Å². The molecule has 0 spiro atoms. The molecule has 0 saturated heterocycles. The van der Waals surface area contributed by atoms with Gasteiger partial charge in [0.15, 0.2) is 0 Å². The topological polar surface area (TPSA) is 22.8 Å². The molecular weight excluding hydrogens is 727 g/mol. The maximum Gasteiger partial charge on any atom is 0.0774 e. The van der Waals surface area contributed by atoms with E-state index in [2.05, 4.69) is 164 Å². The van der Waals surface area contributed by atoms with E-state index in [1.165, 1.54) is 44.0 Å². The molecular formula is C41H34IrN3-. The first-order chi connectivity index (χ1) is 21.5. The summed E-state index contributed by atoms with van der Waals surface area (Å²) in [6.07, 6.45) is 0. The van der Waals surface area contributed by atoms with E-state index >= 15 is 0 Å². The molecule has 8 rings (SSSR count). The van der Waals surface area contributed by atoms with Gasteiger partial charge in [0.1, 0.15) is 0 Å². The summed E-state index contributed by atoms with van der Waals surface area (Å²) in [5.41, 5.74) is 10.5. The van der Waals surface area contributed by atoms with Gasteiger partial charge in [0, 0.05) is 47.6 Å². The van der Waals surface area contributed by atoms with Gasteiger partial charge in [0.25, 0.3) is 0 Å². The van der Waals surface area contributed by atoms with Gasteiger partial charge in [-0.05, 0) is 52.9 Å². The Hall–Kier alpha value is -4.50. The minimum absolute atomic E-state index is 0. The molecule has 2 aromatic heterocycles. The first-order valence-electron chi connectivity index (χ1n) is 15.6. The van der Waals surface area contributed by atoms with Crippen molar-refractivity contribution in [3.05, 3.63) is 139 Å². The van der Waals surface area contributed by atoms with Gasteiger partial charge in [0.05, 0.1) is 16.9 Å². The zero-order valence-electron chi connectivity index (χ0n) is 25.9. The van der Waals surface area contributed by atoms with E-state index in [4.69, 9.17) is 4.98 Å². The predicted octanol–water partition coefficient (Wildman–Crippen LogP) is 11.0. The minimum Gasteiger partial charge on any atom is -0.350 e. The van der Waals surface area contributed by atoms with Crippen molar-refractivity contribution in [3.63, 3.8) is 0 Å². The second-order valence-electron chi connectivity index (χ2n) is 12.3. The molecule has 0 fully saturated rings. The average Bonchev–Trinajstić information content (AvgIpc) is 3.60. The summed E-state index contributed by atoms with van der Waals surface area (Å²) in [5.74, 6) is 1.64. The second kappa shape index (κ2) is 11.5. The molecule has 0 unspecified atom stereocenters. The minimum atomic E-state index is 0. The van der Waals surface area contributed by atoms with E-state index in [1.54, 1.807) is 0 Å². The van der Waals surface area contributed by atoms with Gasteiger partial charge in [-0.2, -0.15) is 0 Å². The summed E-state index contributed by atoms with van der Waals surface area (Å²) in [7, 11) is 0. The van der Waals surface area contributed by atoms with Crippen LogP contribution in [0.5, 0.6) is 0 Å². The van der Waals surface area contributed by atoms with E-state index in [1.807, 2.05) is 0 Å². The largest absolute Gasteiger partial charge is 0.350 e. The Bertz CT molecular complexity index is 2280. The Morgan fingerprint density at radius 1 is 0.533 bits per heavy atom. The third-order valence-electron chi connectivity index (χ3n) is 9.00. The first-order valence-corrected chi connectivity index (χ1v) is 15.6. The van der Waals surface area contributed by atoms with Gasteiger partial charge in [-0.1, -0.05) is 129 Å². The summed E-state index contributed by atoms with van der Waals surface area (Å²) in [4.78, 5) is 5.33. The van der Waals surface area contributed by atoms with E-state index in [0.717, 1.165) is 33.5 Å². The van der Waals surface area contributed by atoms with Crippen molar-refractivity contribution in [1.82, 2.24) is 14.1 Å². The number of imidazole rings is 1. The number of aromatic nitrogens is 3. The Balaban J connectivity index is 0.00000325. The first kappa shape index (κ1) is 29.2. The Labute approximate surface area is 277 Å². The molecule has 6 aromatic carbocycles. The van der Waals surface area contributed by atoms with Crippen LogP contribution < -0.4 is 0 Å². The zero-order chi connectivity index (χ0) is 29.9. The molecule has 8 aromatic rings. The monoisotopic (exact) mass is 761 g/mol. The maximum atomic E-state index is 5.33. The molecule has 0 atom stereocenters. The summed E-state index contributed by atoms with van der Waals surface area (Å²) in [6, 6.07) is 47.3.